The average Bonchev–Trinajstić information content (AvgIpc) is 2.81. The summed E-state index contributed by atoms with van der Waals surface area (Å²) in [5.41, 5.74) is 1.02. The maximum atomic E-state index is 2.60. The van der Waals surface area contributed by atoms with Crippen LogP contribution in [0.1, 0.15) is 12.8 Å². The highest BCUT2D eigenvalue weighted by atomic mass is 15.0. The van der Waals surface area contributed by atoms with Gasteiger partial charge >= 0.3 is 0 Å². The Bertz CT molecular complexity index is 451. The lowest BCUT2D eigenvalue weighted by molar-refractivity contribution is 0.0530. The molecule has 1 spiro atoms. The first kappa shape index (κ1) is 6.47. The van der Waals surface area contributed by atoms with Crippen molar-refractivity contribution in [3.05, 3.63) is 12.2 Å². The lowest BCUT2D eigenvalue weighted by Gasteiger charge is -2.42. The smallest absolute Gasteiger partial charge is 0.0164 e. The van der Waals surface area contributed by atoms with Crippen molar-refractivity contribution in [1.82, 2.24) is 0 Å². The van der Waals surface area contributed by atoms with E-state index in [1.165, 1.54) is 47.3 Å². The van der Waals surface area contributed by atoms with Gasteiger partial charge in [-0.15, -0.1) is 0 Å². The first-order valence-corrected chi connectivity index (χ1v) is 7.12. The van der Waals surface area contributed by atoms with Gasteiger partial charge in [0, 0.05) is 0 Å². The van der Waals surface area contributed by atoms with Gasteiger partial charge in [0.2, 0.25) is 0 Å². The second-order valence-corrected chi connectivity index (χ2v) is 7.76. The van der Waals surface area contributed by atoms with Crippen LogP contribution in [0.5, 0.6) is 0 Å². The third-order valence-corrected chi connectivity index (χ3v) is 8.28. The molecule has 6 saturated carbocycles. The summed E-state index contributed by atoms with van der Waals surface area (Å²) in [6.45, 7) is 0. The highest BCUT2D eigenvalue weighted by Crippen LogP contribution is 3.03. The number of hydrogen-bond acceptors (Lipinski definition) is 0. The van der Waals surface area contributed by atoms with Crippen molar-refractivity contribution in [1.29, 1.82) is 0 Å². The van der Waals surface area contributed by atoms with Crippen molar-refractivity contribution < 1.29 is 0 Å². The molecule has 6 fully saturated rings. The Labute approximate surface area is 90.1 Å². The SMILES string of the molecule is C1=CC2CC1C1C2C2C3CC4C5C4C32C15. The fourth-order valence-electron chi connectivity index (χ4n) is 8.55. The third-order valence-electron chi connectivity index (χ3n) is 8.28. The second-order valence-electron chi connectivity index (χ2n) is 7.76. The van der Waals surface area contributed by atoms with Crippen LogP contribution in [-0.4, -0.2) is 0 Å². The van der Waals surface area contributed by atoms with Gasteiger partial charge in [0.05, 0.1) is 0 Å². The Morgan fingerprint density at radius 3 is 2.47 bits per heavy atom. The van der Waals surface area contributed by atoms with E-state index in [4.69, 9.17) is 0 Å². The van der Waals surface area contributed by atoms with Gasteiger partial charge in [-0.05, 0) is 77.4 Å². The summed E-state index contributed by atoms with van der Waals surface area (Å²) in [5, 5.41) is 0. The van der Waals surface area contributed by atoms with Crippen LogP contribution in [0.3, 0.4) is 0 Å². The van der Waals surface area contributed by atoms with E-state index >= 15 is 0 Å². The molecule has 7 rings (SSSR count). The maximum Gasteiger partial charge on any atom is -0.0164 e. The van der Waals surface area contributed by atoms with Crippen LogP contribution < -0.4 is 0 Å². The summed E-state index contributed by atoms with van der Waals surface area (Å²) >= 11 is 0. The molecule has 11 atom stereocenters. The molecule has 76 valence electrons. The lowest BCUT2D eigenvalue weighted by atomic mass is 9.62. The maximum absolute atomic E-state index is 2.60. The minimum atomic E-state index is 1.02. The number of allylic oxidation sites excluding steroid dienone is 2. The largest absolute Gasteiger partial charge is 0.0848 e. The van der Waals surface area contributed by atoms with Gasteiger partial charge in [-0.25, -0.2) is 0 Å². The fraction of sp³-hybridized carbons (Fsp3) is 0.867. The van der Waals surface area contributed by atoms with Crippen LogP contribution in [0.15, 0.2) is 12.2 Å². The van der Waals surface area contributed by atoms with Crippen molar-refractivity contribution in [3.63, 3.8) is 0 Å². The molecule has 0 nitrogen and oxygen atoms in total. The first-order valence-electron chi connectivity index (χ1n) is 7.12. The molecule has 0 aromatic carbocycles. The quantitative estimate of drug-likeness (QED) is 0.522. The van der Waals surface area contributed by atoms with Crippen molar-refractivity contribution in [2.24, 2.45) is 64.6 Å². The van der Waals surface area contributed by atoms with Gasteiger partial charge in [-0.3, -0.25) is 0 Å². The predicted octanol–water partition coefficient (Wildman–Crippen LogP) is 2.57. The van der Waals surface area contributed by atoms with E-state index in [-0.39, 0.29) is 0 Å². The molecule has 0 N–H and O–H groups in total. The van der Waals surface area contributed by atoms with Gasteiger partial charge in [-0.2, -0.15) is 0 Å². The molecule has 7 aliphatic carbocycles. The normalized spacial score (nSPS) is 90.1. The van der Waals surface area contributed by atoms with Crippen LogP contribution in [0.25, 0.3) is 0 Å². The molecule has 0 aliphatic heterocycles. The molecule has 0 heterocycles. The van der Waals surface area contributed by atoms with Gasteiger partial charge < -0.3 is 0 Å². The van der Waals surface area contributed by atoms with Crippen LogP contribution in [0, 0.1) is 64.6 Å². The Hall–Kier alpha value is -0.260. The Morgan fingerprint density at radius 1 is 0.800 bits per heavy atom. The van der Waals surface area contributed by atoms with Crippen LogP contribution >= 0.6 is 0 Å². The van der Waals surface area contributed by atoms with Gasteiger partial charge in [0.15, 0.2) is 0 Å². The molecular weight excluding hydrogens is 180 g/mol. The zero-order valence-electron chi connectivity index (χ0n) is 8.84. The molecule has 2 bridgehead atoms. The summed E-state index contributed by atoms with van der Waals surface area (Å²) in [5.74, 6) is 12.1. The zero-order chi connectivity index (χ0) is 9.10. The third kappa shape index (κ3) is 0.358. The number of rotatable bonds is 0. The highest BCUT2D eigenvalue weighted by molar-refractivity contribution is 5.47. The molecule has 7 aliphatic rings. The van der Waals surface area contributed by atoms with Crippen molar-refractivity contribution in [2.45, 2.75) is 12.8 Å². The van der Waals surface area contributed by atoms with Crippen LogP contribution in [0.2, 0.25) is 0 Å². The molecule has 0 saturated heterocycles. The standard InChI is InChI=1S/C15H16/c1-2-6-3-5(1)9-10(6)14-11-7-4-8-13(9)15(8,14)12(7)11/h1-2,5-14H,3-4H2. The topological polar surface area (TPSA) is 0 Å². The number of fused-ring (bicyclic) bond motifs is 10. The first-order chi connectivity index (χ1) is 7.44. The van der Waals surface area contributed by atoms with Gasteiger partial charge in [0.25, 0.3) is 0 Å². The Kier molecular flexibility index (Phi) is 0.609. The van der Waals surface area contributed by atoms with E-state index in [0.29, 0.717) is 0 Å². The van der Waals surface area contributed by atoms with Crippen molar-refractivity contribution in [3.8, 4) is 0 Å². The molecule has 0 aromatic rings. The van der Waals surface area contributed by atoms with Crippen molar-refractivity contribution >= 4 is 0 Å². The summed E-state index contributed by atoms with van der Waals surface area (Å²) < 4.78 is 0. The van der Waals surface area contributed by atoms with E-state index in [9.17, 15) is 0 Å². The van der Waals surface area contributed by atoms with E-state index < -0.39 is 0 Å². The minimum absolute atomic E-state index is 1.02. The summed E-state index contributed by atoms with van der Waals surface area (Å²) in [7, 11) is 0. The Balaban J connectivity index is 1.53. The molecular formula is C15H16. The molecule has 0 radical (unpaired) electrons. The molecule has 0 amide bonds. The van der Waals surface area contributed by atoms with E-state index in [1.807, 2.05) is 0 Å². The average molecular weight is 196 g/mol. The molecule has 15 heavy (non-hydrogen) atoms. The van der Waals surface area contributed by atoms with E-state index in [1.54, 1.807) is 12.8 Å². The number of hydrogen-bond donors (Lipinski definition) is 0. The van der Waals surface area contributed by atoms with Gasteiger partial charge in [0.1, 0.15) is 0 Å². The Morgan fingerprint density at radius 2 is 1.60 bits per heavy atom. The fourth-order valence-corrected chi connectivity index (χ4v) is 8.55. The zero-order valence-corrected chi connectivity index (χ0v) is 8.84. The van der Waals surface area contributed by atoms with Gasteiger partial charge in [-0.1, -0.05) is 12.2 Å². The second kappa shape index (κ2) is 1.41. The summed E-state index contributed by atoms with van der Waals surface area (Å²) in [6.07, 6.45) is 8.45. The molecule has 0 aromatic heterocycles. The molecule has 11 unspecified atom stereocenters. The van der Waals surface area contributed by atoms with Crippen LogP contribution in [-0.2, 0) is 0 Å². The van der Waals surface area contributed by atoms with Crippen LogP contribution in [0.4, 0.5) is 0 Å². The van der Waals surface area contributed by atoms with E-state index in [2.05, 4.69) is 12.2 Å². The van der Waals surface area contributed by atoms with E-state index in [0.717, 1.165) is 17.3 Å². The summed E-state index contributed by atoms with van der Waals surface area (Å²) in [4.78, 5) is 0. The summed E-state index contributed by atoms with van der Waals surface area (Å²) in [6, 6.07) is 0. The van der Waals surface area contributed by atoms with Crippen molar-refractivity contribution in [2.75, 3.05) is 0 Å². The minimum Gasteiger partial charge on any atom is -0.0848 e. The predicted molar refractivity (Wildman–Crippen MR) is 55.7 cm³/mol. The highest BCUT2D eigenvalue weighted by Gasteiger charge is 2.99. The monoisotopic (exact) mass is 196 g/mol. The molecule has 0 heteroatoms. The lowest BCUT2D eigenvalue weighted by Crippen LogP contribution is -2.39.